The number of anilines is 2. The molecule has 0 saturated carbocycles. The van der Waals surface area contributed by atoms with E-state index in [4.69, 9.17) is 10.5 Å². The minimum absolute atomic E-state index is 0.0448. The summed E-state index contributed by atoms with van der Waals surface area (Å²) < 4.78 is 14.0. The van der Waals surface area contributed by atoms with Crippen molar-refractivity contribution in [2.75, 3.05) is 23.3 Å². The van der Waals surface area contributed by atoms with Gasteiger partial charge in [0, 0.05) is 19.3 Å². The molecule has 0 atom stereocenters. The van der Waals surface area contributed by atoms with Crippen LogP contribution in [0.4, 0.5) is 15.8 Å². The maximum Gasteiger partial charge on any atom is 0.148 e. The molecular weight excluding hydrogens is 243 g/mol. The van der Waals surface area contributed by atoms with Crippen LogP contribution in [0.3, 0.4) is 0 Å². The maximum absolute atomic E-state index is 14.0. The summed E-state index contributed by atoms with van der Waals surface area (Å²) >= 11 is 0. The highest BCUT2D eigenvalue weighted by Gasteiger charge is 2.19. The van der Waals surface area contributed by atoms with Crippen LogP contribution in [-0.2, 0) is 0 Å². The average molecular weight is 256 g/mol. The fourth-order valence-electron chi connectivity index (χ4n) is 2.13. The van der Waals surface area contributed by atoms with E-state index in [1.54, 1.807) is 24.3 Å². The highest BCUT2D eigenvalue weighted by molar-refractivity contribution is 5.72. The number of halogens is 1. The van der Waals surface area contributed by atoms with Crippen molar-refractivity contribution in [3.63, 3.8) is 0 Å². The molecule has 1 fully saturated rings. The molecule has 1 aromatic carbocycles. The Morgan fingerprint density at radius 2 is 1.95 bits per heavy atom. The monoisotopic (exact) mass is 256 g/mol. The molecule has 0 unspecified atom stereocenters. The van der Waals surface area contributed by atoms with E-state index in [0.29, 0.717) is 11.4 Å². The second-order valence-electron chi connectivity index (χ2n) is 4.26. The van der Waals surface area contributed by atoms with Gasteiger partial charge in [-0.2, -0.15) is 10.5 Å². The molecule has 1 aliphatic rings. The Kier molecular flexibility index (Phi) is 4.00. The quantitative estimate of drug-likeness (QED) is 0.845. The zero-order valence-corrected chi connectivity index (χ0v) is 10.4. The lowest BCUT2D eigenvalue weighted by Gasteiger charge is -2.21. The predicted octanol–water partition coefficient (Wildman–Crippen LogP) is 2.77. The molecule has 1 heterocycles. The first kappa shape index (κ1) is 12.9. The van der Waals surface area contributed by atoms with Crippen LogP contribution in [-0.4, -0.2) is 13.1 Å². The summed E-state index contributed by atoms with van der Waals surface area (Å²) in [6.07, 6.45) is 3.39. The number of allylic oxidation sites excluding steroid dienone is 1. The summed E-state index contributed by atoms with van der Waals surface area (Å²) in [5.74, 6) is -0.296. The predicted molar refractivity (Wildman–Crippen MR) is 70.8 cm³/mol. The molecule has 0 bridgehead atoms. The number of nitrogens with one attached hydrogen (secondary N) is 1. The van der Waals surface area contributed by atoms with Crippen molar-refractivity contribution in [1.82, 2.24) is 0 Å². The molecule has 5 heteroatoms. The molecule has 0 radical (unpaired) electrons. The number of nitriles is 2. The lowest BCUT2D eigenvalue weighted by atomic mass is 10.2. The van der Waals surface area contributed by atoms with Crippen LogP contribution in [0.5, 0.6) is 0 Å². The number of para-hydroxylation sites is 1. The smallest absolute Gasteiger partial charge is 0.148 e. The molecule has 1 saturated heterocycles. The van der Waals surface area contributed by atoms with Crippen LogP contribution in [0.1, 0.15) is 12.8 Å². The highest BCUT2D eigenvalue weighted by Crippen LogP contribution is 2.31. The van der Waals surface area contributed by atoms with Crippen molar-refractivity contribution in [3.8, 4) is 12.1 Å². The summed E-state index contributed by atoms with van der Waals surface area (Å²) in [5.41, 5.74) is 1.04. The first-order valence-electron chi connectivity index (χ1n) is 6.06. The molecule has 0 spiro atoms. The lowest BCUT2D eigenvalue weighted by Crippen LogP contribution is -2.20. The topological polar surface area (TPSA) is 62.9 Å². The number of hydrogen-bond donors (Lipinski definition) is 1. The Balaban J connectivity index is 2.30. The van der Waals surface area contributed by atoms with Crippen molar-refractivity contribution < 1.29 is 4.39 Å². The lowest BCUT2D eigenvalue weighted by molar-refractivity contribution is 0.624. The molecule has 0 amide bonds. The third kappa shape index (κ3) is 2.83. The zero-order chi connectivity index (χ0) is 13.7. The molecule has 0 aliphatic carbocycles. The first-order chi connectivity index (χ1) is 9.26. The number of nitrogens with zero attached hydrogens (tertiary/aromatic N) is 3. The summed E-state index contributed by atoms with van der Waals surface area (Å²) in [6.45, 7) is 1.64. The summed E-state index contributed by atoms with van der Waals surface area (Å²) in [6, 6.07) is 8.26. The third-order valence-electron chi connectivity index (χ3n) is 3.02. The van der Waals surface area contributed by atoms with Crippen LogP contribution in [0.15, 0.2) is 30.0 Å². The van der Waals surface area contributed by atoms with Gasteiger partial charge in [-0.15, -0.1) is 0 Å². The van der Waals surface area contributed by atoms with E-state index in [1.165, 1.54) is 12.3 Å². The molecule has 2 rings (SSSR count). The Bertz CT molecular complexity index is 558. The average Bonchev–Trinajstić information content (AvgIpc) is 2.93. The molecule has 1 aromatic rings. The van der Waals surface area contributed by atoms with E-state index in [1.807, 2.05) is 4.90 Å². The van der Waals surface area contributed by atoms with Crippen molar-refractivity contribution in [3.05, 3.63) is 35.8 Å². The Hall–Kier alpha value is -2.53. The highest BCUT2D eigenvalue weighted by atomic mass is 19.1. The van der Waals surface area contributed by atoms with E-state index < -0.39 is 0 Å². The second-order valence-corrected chi connectivity index (χ2v) is 4.26. The van der Waals surface area contributed by atoms with Crippen molar-refractivity contribution in [1.29, 1.82) is 10.5 Å². The zero-order valence-electron chi connectivity index (χ0n) is 10.4. The van der Waals surface area contributed by atoms with Gasteiger partial charge in [-0.3, -0.25) is 0 Å². The summed E-state index contributed by atoms with van der Waals surface area (Å²) in [4.78, 5) is 1.98. The fraction of sp³-hybridized carbons (Fsp3) is 0.286. The number of hydrogen-bond acceptors (Lipinski definition) is 4. The molecule has 0 aromatic heterocycles. The number of benzene rings is 1. The van der Waals surface area contributed by atoms with Gasteiger partial charge in [0.25, 0.3) is 0 Å². The number of rotatable bonds is 3. The van der Waals surface area contributed by atoms with Crippen LogP contribution in [0.25, 0.3) is 0 Å². The first-order valence-corrected chi connectivity index (χ1v) is 6.06. The SMILES string of the molecule is N#CC(C#N)=CNc1cccc(F)c1N1CCCC1. The van der Waals surface area contributed by atoms with Gasteiger partial charge in [0.1, 0.15) is 23.5 Å². The molecule has 1 N–H and O–H groups in total. The normalized spacial score (nSPS) is 13.5. The second kappa shape index (κ2) is 5.88. The van der Waals surface area contributed by atoms with Crippen LogP contribution >= 0.6 is 0 Å². The van der Waals surface area contributed by atoms with E-state index in [-0.39, 0.29) is 11.4 Å². The third-order valence-corrected chi connectivity index (χ3v) is 3.02. The molecule has 96 valence electrons. The van der Waals surface area contributed by atoms with Gasteiger partial charge in [0.2, 0.25) is 0 Å². The fourth-order valence-corrected chi connectivity index (χ4v) is 2.13. The van der Waals surface area contributed by atoms with E-state index in [0.717, 1.165) is 25.9 Å². The molecule has 19 heavy (non-hydrogen) atoms. The minimum Gasteiger partial charge on any atom is -0.367 e. The standard InChI is InChI=1S/C14H13FN4/c15-12-4-3-5-13(18-10-11(8-16)9-17)14(12)19-6-1-2-7-19/h3-5,10,18H,1-2,6-7H2. The van der Waals surface area contributed by atoms with Gasteiger partial charge in [0.15, 0.2) is 0 Å². The Morgan fingerprint density at radius 1 is 1.26 bits per heavy atom. The maximum atomic E-state index is 14.0. The van der Waals surface area contributed by atoms with E-state index in [2.05, 4.69) is 5.32 Å². The van der Waals surface area contributed by atoms with Crippen LogP contribution in [0.2, 0.25) is 0 Å². The molecule has 1 aliphatic heterocycles. The van der Waals surface area contributed by atoms with E-state index in [9.17, 15) is 4.39 Å². The Morgan fingerprint density at radius 3 is 2.58 bits per heavy atom. The molecule has 4 nitrogen and oxygen atoms in total. The van der Waals surface area contributed by atoms with Crippen molar-refractivity contribution in [2.45, 2.75) is 12.8 Å². The van der Waals surface area contributed by atoms with Crippen LogP contribution < -0.4 is 10.2 Å². The van der Waals surface area contributed by atoms with E-state index >= 15 is 0 Å². The largest absolute Gasteiger partial charge is 0.367 e. The Labute approximate surface area is 111 Å². The van der Waals surface area contributed by atoms with Crippen LogP contribution in [0, 0.1) is 28.5 Å². The van der Waals surface area contributed by atoms with Gasteiger partial charge in [0.05, 0.1) is 11.4 Å². The van der Waals surface area contributed by atoms with Crippen molar-refractivity contribution >= 4 is 11.4 Å². The van der Waals surface area contributed by atoms with Gasteiger partial charge >= 0.3 is 0 Å². The molecular formula is C14H13FN4. The van der Waals surface area contributed by atoms with Gasteiger partial charge in [-0.25, -0.2) is 4.39 Å². The van der Waals surface area contributed by atoms with Gasteiger partial charge < -0.3 is 10.2 Å². The van der Waals surface area contributed by atoms with Crippen molar-refractivity contribution in [2.24, 2.45) is 0 Å². The van der Waals surface area contributed by atoms with Gasteiger partial charge in [-0.05, 0) is 25.0 Å². The van der Waals surface area contributed by atoms with Gasteiger partial charge in [-0.1, -0.05) is 6.07 Å². The minimum atomic E-state index is -0.296. The summed E-state index contributed by atoms with van der Waals surface area (Å²) in [5, 5.41) is 20.2. The summed E-state index contributed by atoms with van der Waals surface area (Å²) in [7, 11) is 0.